The Morgan fingerprint density at radius 2 is 2.04 bits per heavy atom. The van der Waals surface area contributed by atoms with E-state index in [0.717, 1.165) is 6.42 Å². The molecule has 5 heteroatoms. The molecular weight excluding hydrogens is 302 g/mol. The first-order valence-electron chi connectivity index (χ1n) is 8.39. The lowest BCUT2D eigenvalue weighted by Gasteiger charge is -2.27. The molecule has 3 amide bonds. The van der Waals surface area contributed by atoms with Crippen molar-refractivity contribution in [2.75, 3.05) is 26.2 Å². The van der Waals surface area contributed by atoms with Crippen LogP contribution in [0, 0.1) is 5.92 Å². The van der Waals surface area contributed by atoms with Crippen LogP contribution in [0.15, 0.2) is 42.5 Å². The van der Waals surface area contributed by atoms with Gasteiger partial charge in [-0.15, -0.1) is 0 Å². The molecule has 1 saturated heterocycles. The first-order chi connectivity index (χ1) is 11.6. The van der Waals surface area contributed by atoms with E-state index in [9.17, 15) is 9.59 Å². The molecule has 24 heavy (non-hydrogen) atoms. The van der Waals surface area contributed by atoms with Crippen molar-refractivity contribution in [2.45, 2.75) is 13.3 Å². The second-order valence-electron chi connectivity index (χ2n) is 6.41. The Labute approximate surface area is 142 Å². The molecule has 0 aromatic heterocycles. The second-order valence-corrected chi connectivity index (χ2v) is 6.41. The fourth-order valence-electron chi connectivity index (χ4n) is 3.10. The monoisotopic (exact) mass is 325 g/mol. The second kappa shape index (κ2) is 7.34. The predicted molar refractivity (Wildman–Crippen MR) is 94.8 cm³/mol. The molecular formula is C19H23N3O2. The third-order valence-electron chi connectivity index (χ3n) is 4.38. The van der Waals surface area contributed by atoms with Crippen molar-refractivity contribution >= 4 is 22.7 Å². The van der Waals surface area contributed by atoms with E-state index in [2.05, 4.69) is 54.0 Å². The van der Waals surface area contributed by atoms with Gasteiger partial charge in [0.15, 0.2) is 0 Å². The summed E-state index contributed by atoms with van der Waals surface area (Å²) < 4.78 is 0. The molecule has 1 heterocycles. The third kappa shape index (κ3) is 3.85. The van der Waals surface area contributed by atoms with Crippen LogP contribution in [-0.4, -0.2) is 43.0 Å². The fraction of sp³-hybridized carbons (Fsp3) is 0.368. The summed E-state index contributed by atoms with van der Waals surface area (Å²) in [6.07, 6.45) is 0.905. The van der Waals surface area contributed by atoms with E-state index in [1.54, 1.807) is 4.90 Å². The quantitative estimate of drug-likeness (QED) is 0.905. The van der Waals surface area contributed by atoms with Gasteiger partial charge in [0.05, 0.1) is 0 Å². The third-order valence-corrected chi connectivity index (χ3v) is 4.38. The highest BCUT2D eigenvalue weighted by atomic mass is 16.2. The van der Waals surface area contributed by atoms with Crippen molar-refractivity contribution in [3.8, 4) is 0 Å². The number of rotatable bonds is 4. The average molecular weight is 325 g/mol. The topological polar surface area (TPSA) is 61.4 Å². The highest BCUT2D eigenvalue weighted by Gasteiger charge is 2.21. The van der Waals surface area contributed by atoms with Crippen molar-refractivity contribution in [1.29, 1.82) is 0 Å². The zero-order valence-corrected chi connectivity index (χ0v) is 13.9. The highest BCUT2D eigenvalue weighted by molar-refractivity contribution is 5.86. The standard InChI is InChI=1S/C19H23N3O2/c1-14(12-21-19(24)22-10-9-20-18(23)13-22)11-16-7-4-6-15-5-2-3-8-17(15)16/h2-8,14H,9-13H2,1H3,(H,20,23)(H,21,24). The lowest BCUT2D eigenvalue weighted by Crippen LogP contribution is -2.53. The molecule has 1 fully saturated rings. The van der Waals surface area contributed by atoms with E-state index in [4.69, 9.17) is 0 Å². The maximum absolute atomic E-state index is 12.1. The Morgan fingerprint density at radius 3 is 2.88 bits per heavy atom. The SMILES string of the molecule is CC(CNC(=O)N1CCNC(=O)C1)Cc1cccc2ccccc12. The van der Waals surface area contributed by atoms with Crippen LogP contribution in [0.2, 0.25) is 0 Å². The minimum absolute atomic E-state index is 0.0970. The number of piperazine rings is 1. The lowest BCUT2D eigenvalue weighted by molar-refractivity contribution is -0.123. The minimum atomic E-state index is -0.158. The van der Waals surface area contributed by atoms with Crippen LogP contribution in [0.25, 0.3) is 10.8 Å². The predicted octanol–water partition coefficient (Wildman–Crippen LogP) is 2.16. The zero-order valence-electron chi connectivity index (χ0n) is 13.9. The molecule has 3 rings (SSSR count). The summed E-state index contributed by atoms with van der Waals surface area (Å²) >= 11 is 0. The van der Waals surface area contributed by atoms with E-state index in [1.807, 2.05) is 6.07 Å². The van der Waals surface area contributed by atoms with Crippen LogP contribution in [-0.2, 0) is 11.2 Å². The van der Waals surface area contributed by atoms with Crippen LogP contribution < -0.4 is 10.6 Å². The molecule has 1 aliphatic rings. The lowest BCUT2D eigenvalue weighted by atomic mass is 9.96. The molecule has 0 bridgehead atoms. The van der Waals surface area contributed by atoms with E-state index in [-0.39, 0.29) is 18.5 Å². The normalized spacial score (nSPS) is 15.9. The summed E-state index contributed by atoms with van der Waals surface area (Å²) in [5, 5.41) is 8.18. The molecule has 0 radical (unpaired) electrons. The Morgan fingerprint density at radius 1 is 1.25 bits per heavy atom. The molecule has 2 aromatic rings. The summed E-state index contributed by atoms with van der Waals surface area (Å²) in [5.74, 6) is 0.221. The van der Waals surface area contributed by atoms with Gasteiger partial charge in [0.2, 0.25) is 5.91 Å². The van der Waals surface area contributed by atoms with Gasteiger partial charge in [-0.25, -0.2) is 4.79 Å². The number of nitrogens with one attached hydrogen (secondary N) is 2. The highest BCUT2D eigenvalue weighted by Crippen LogP contribution is 2.21. The number of fused-ring (bicyclic) bond motifs is 1. The summed E-state index contributed by atoms with van der Waals surface area (Å²) in [6, 6.07) is 14.5. The molecule has 1 aliphatic heterocycles. The first-order valence-corrected chi connectivity index (χ1v) is 8.39. The van der Waals surface area contributed by atoms with Crippen molar-refractivity contribution in [3.05, 3.63) is 48.0 Å². The molecule has 2 aromatic carbocycles. The Kier molecular flexibility index (Phi) is 4.99. The van der Waals surface area contributed by atoms with E-state index >= 15 is 0 Å². The number of benzene rings is 2. The van der Waals surface area contributed by atoms with Crippen LogP contribution in [0.3, 0.4) is 0 Å². The van der Waals surface area contributed by atoms with Crippen molar-refractivity contribution in [1.82, 2.24) is 15.5 Å². The molecule has 1 atom stereocenters. The van der Waals surface area contributed by atoms with Gasteiger partial charge in [0.25, 0.3) is 0 Å². The summed E-state index contributed by atoms with van der Waals surface area (Å²) in [4.78, 5) is 25.1. The Balaban J connectivity index is 1.56. The number of amides is 3. The van der Waals surface area contributed by atoms with Gasteiger partial charge >= 0.3 is 6.03 Å². The van der Waals surface area contributed by atoms with Gasteiger partial charge in [-0.05, 0) is 28.7 Å². The molecule has 1 unspecified atom stereocenters. The van der Waals surface area contributed by atoms with E-state index < -0.39 is 0 Å². The van der Waals surface area contributed by atoms with Gasteiger partial charge in [0.1, 0.15) is 6.54 Å². The number of nitrogens with zero attached hydrogens (tertiary/aromatic N) is 1. The molecule has 0 spiro atoms. The summed E-state index contributed by atoms with van der Waals surface area (Å²) in [7, 11) is 0. The zero-order chi connectivity index (χ0) is 16.9. The van der Waals surface area contributed by atoms with Gasteiger partial charge < -0.3 is 15.5 Å². The Hall–Kier alpha value is -2.56. The summed E-state index contributed by atoms with van der Waals surface area (Å²) in [6.45, 7) is 3.96. The Bertz CT molecular complexity index is 739. The molecule has 2 N–H and O–H groups in total. The van der Waals surface area contributed by atoms with Gasteiger partial charge in [0, 0.05) is 19.6 Å². The minimum Gasteiger partial charge on any atom is -0.353 e. The number of carbonyl (C=O) groups is 2. The van der Waals surface area contributed by atoms with E-state index in [1.165, 1.54) is 16.3 Å². The number of hydrogen-bond acceptors (Lipinski definition) is 2. The number of urea groups is 1. The maximum Gasteiger partial charge on any atom is 0.317 e. The fourth-order valence-corrected chi connectivity index (χ4v) is 3.10. The smallest absolute Gasteiger partial charge is 0.317 e. The maximum atomic E-state index is 12.1. The van der Waals surface area contributed by atoms with Crippen LogP contribution in [0.4, 0.5) is 4.79 Å². The van der Waals surface area contributed by atoms with Crippen molar-refractivity contribution in [3.63, 3.8) is 0 Å². The molecule has 5 nitrogen and oxygen atoms in total. The van der Waals surface area contributed by atoms with Gasteiger partial charge in [-0.2, -0.15) is 0 Å². The molecule has 0 aliphatic carbocycles. The average Bonchev–Trinajstić information content (AvgIpc) is 2.60. The number of carbonyl (C=O) groups excluding carboxylic acids is 2. The molecule has 126 valence electrons. The van der Waals surface area contributed by atoms with Crippen molar-refractivity contribution in [2.24, 2.45) is 5.92 Å². The largest absolute Gasteiger partial charge is 0.353 e. The number of hydrogen-bond donors (Lipinski definition) is 2. The van der Waals surface area contributed by atoms with Crippen LogP contribution in [0.1, 0.15) is 12.5 Å². The van der Waals surface area contributed by atoms with Gasteiger partial charge in [-0.3, -0.25) is 4.79 Å². The summed E-state index contributed by atoms with van der Waals surface area (Å²) in [5.41, 5.74) is 1.30. The van der Waals surface area contributed by atoms with Crippen LogP contribution in [0.5, 0.6) is 0 Å². The first kappa shape index (κ1) is 16.3. The van der Waals surface area contributed by atoms with Gasteiger partial charge in [-0.1, -0.05) is 49.4 Å². The molecule has 0 saturated carbocycles. The van der Waals surface area contributed by atoms with E-state index in [0.29, 0.717) is 25.6 Å². The van der Waals surface area contributed by atoms with Crippen LogP contribution >= 0.6 is 0 Å². The van der Waals surface area contributed by atoms with Crippen molar-refractivity contribution < 1.29 is 9.59 Å².